The third-order valence-corrected chi connectivity index (χ3v) is 4.99. The summed E-state index contributed by atoms with van der Waals surface area (Å²) in [7, 11) is 0. The summed E-state index contributed by atoms with van der Waals surface area (Å²) in [6.07, 6.45) is 1.20. The van der Waals surface area contributed by atoms with Gasteiger partial charge in [0.2, 0.25) is 0 Å². The van der Waals surface area contributed by atoms with Gasteiger partial charge in [-0.2, -0.15) is 11.8 Å². The standard InChI is InChI=1S/C17H28N2S/c1-4-9-18-12-15-5-7-16(8-6-15)13-19-10-11-20-17(2,3)14-19/h5-8,18H,4,9-14H2,1-3H3. The second-order valence-electron chi connectivity index (χ2n) is 6.31. The molecule has 1 heterocycles. The number of nitrogens with one attached hydrogen (secondary N) is 1. The molecule has 1 aromatic carbocycles. The van der Waals surface area contributed by atoms with Crippen LogP contribution >= 0.6 is 11.8 Å². The fourth-order valence-corrected chi connectivity index (χ4v) is 3.86. The Morgan fingerprint density at radius 2 is 1.90 bits per heavy atom. The van der Waals surface area contributed by atoms with Gasteiger partial charge in [-0.1, -0.05) is 31.2 Å². The lowest BCUT2D eigenvalue weighted by Crippen LogP contribution is -2.42. The van der Waals surface area contributed by atoms with Crippen LogP contribution in [0.3, 0.4) is 0 Å². The second kappa shape index (κ2) is 7.48. The predicted octanol–water partition coefficient (Wildman–Crippen LogP) is 3.51. The third-order valence-electron chi connectivity index (χ3n) is 3.69. The fourth-order valence-electron chi connectivity index (χ4n) is 2.68. The van der Waals surface area contributed by atoms with Gasteiger partial charge in [-0.3, -0.25) is 4.90 Å². The zero-order valence-electron chi connectivity index (χ0n) is 13.1. The summed E-state index contributed by atoms with van der Waals surface area (Å²) in [6, 6.07) is 9.11. The van der Waals surface area contributed by atoms with Crippen LogP contribution in [0.25, 0.3) is 0 Å². The van der Waals surface area contributed by atoms with Crippen LogP contribution < -0.4 is 5.32 Å². The van der Waals surface area contributed by atoms with Crippen LogP contribution in [0.4, 0.5) is 0 Å². The van der Waals surface area contributed by atoms with Gasteiger partial charge in [0.1, 0.15) is 0 Å². The molecule has 0 aromatic heterocycles. The average molecular weight is 292 g/mol. The predicted molar refractivity (Wildman–Crippen MR) is 90.3 cm³/mol. The minimum absolute atomic E-state index is 0.405. The summed E-state index contributed by atoms with van der Waals surface area (Å²) in [5.41, 5.74) is 2.82. The van der Waals surface area contributed by atoms with Crippen molar-refractivity contribution in [2.45, 2.75) is 45.0 Å². The first-order chi connectivity index (χ1) is 9.59. The Labute approximate surface area is 128 Å². The van der Waals surface area contributed by atoms with E-state index in [9.17, 15) is 0 Å². The van der Waals surface area contributed by atoms with E-state index in [1.54, 1.807) is 0 Å². The number of thioether (sulfide) groups is 1. The highest BCUT2D eigenvalue weighted by Gasteiger charge is 2.26. The Hall–Kier alpha value is -0.510. The van der Waals surface area contributed by atoms with E-state index in [1.165, 1.54) is 36.4 Å². The first kappa shape index (κ1) is 15.9. The normalized spacial score (nSPS) is 19.1. The van der Waals surface area contributed by atoms with E-state index in [-0.39, 0.29) is 0 Å². The van der Waals surface area contributed by atoms with Crippen LogP contribution in [0.15, 0.2) is 24.3 Å². The lowest BCUT2D eigenvalue weighted by Gasteiger charge is -2.37. The Bertz CT molecular complexity index is 400. The zero-order valence-corrected chi connectivity index (χ0v) is 13.9. The van der Waals surface area contributed by atoms with Crippen molar-refractivity contribution in [3.05, 3.63) is 35.4 Å². The van der Waals surface area contributed by atoms with Crippen LogP contribution in [0.2, 0.25) is 0 Å². The van der Waals surface area contributed by atoms with Gasteiger partial charge < -0.3 is 5.32 Å². The van der Waals surface area contributed by atoms with E-state index in [4.69, 9.17) is 0 Å². The van der Waals surface area contributed by atoms with Crippen molar-refractivity contribution in [3.8, 4) is 0 Å². The maximum Gasteiger partial charge on any atom is 0.0234 e. The highest BCUT2D eigenvalue weighted by atomic mass is 32.2. The highest BCUT2D eigenvalue weighted by molar-refractivity contribution is 8.00. The topological polar surface area (TPSA) is 15.3 Å². The molecule has 1 fully saturated rings. The molecule has 3 heteroatoms. The minimum Gasteiger partial charge on any atom is -0.313 e. The van der Waals surface area contributed by atoms with Crippen molar-refractivity contribution in [2.24, 2.45) is 0 Å². The molecule has 1 aliphatic rings. The highest BCUT2D eigenvalue weighted by Crippen LogP contribution is 2.30. The fraction of sp³-hybridized carbons (Fsp3) is 0.647. The molecular weight excluding hydrogens is 264 g/mol. The monoisotopic (exact) mass is 292 g/mol. The molecule has 1 aliphatic heterocycles. The Kier molecular flexibility index (Phi) is 5.94. The van der Waals surface area contributed by atoms with Gasteiger partial charge in [-0.25, -0.2) is 0 Å². The van der Waals surface area contributed by atoms with E-state index in [1.807, 2.05) is 0 Å². The van der Waals surface area contributed by atoms with E-state index >= 15 is 0 Å². The molecule has 2 nitrogen and oxygen atoms in total. The van der Waals surface area contributed by atoms with Gasteiger partial charge in [0.25, 0.3) is 0 Å². The van der Waals surface area contributed by atoms with Gasteiger partial charge >= 0.3 is 0 Å². The molecule has 2 rings (SSSR count). The first-order valence-corrected chi connectivity index (χ1v) is 8.72. The van der Waals surface area contributed by atoms with Crippen molar-refractivity contribution in [2.75, 3.05) is 25.4 Å². The summed E-state index contributed by atoms with van der Waals surface area (Å²) in [6.45, 7) is 12.5. The molecule has 0 aliphatic carbocycles. The maximum absolute atomic E-state index is 3.45. The van der Waals surface area contributed by atoms with Crippen molar-refractivity contribution in [1.82, 2.24) is 10.2 Å². The SMILES string of the molecule is CCCNCc1ccc(CN2CCSC(C)(C)C2)cc1. The van der Waals surface area contributed by atoms with Crippen LogP contribution in [0.5, 0.6) is 0 Å². The summed E-state index contributed by atoms with van der Waals surface area (Å²) in [5, 5.41) is 3.45. The molecule has 0 unspecified atom stereocenters. The van der Waals surface area contributed by atoms with Crippen molar-refractivity contribution in [1.29, 1.82) is 0 Å². The van der Waals surface area contributed by atoms with E-state index in [2.05, 4.69) is 67.0 Å². The van der Waals surface area contributed by atoms with E-state index in [0.717, 1.165) is 19.6 Å². The van der Waals surface area contributed by atoms with E-state index < -0.39 is 0 Å². The summed E-state index contributed by atoms with van der Waals surface area (Å²) in [4.78, 5) is 2.58. The first-order valence-electron chi connectivity index (χ1n) is 7.74. The number of hydrogen-bond acceptors (Lipinski definition) is 3. The van der Waals surface area contributed by atoms with E-state index in [0.29, 0.717) is 4.75 Å². The molecule has 0 atom stereocenters. The Balaban J connectivity index is 1.84. The van der Waals surface area contributed by atoms with Crippen LogP contribution in [-0.2, 0) is 13.1 Å². The molecule has 112 valence electrons. The van der Waals surface area contributed by atoms with Gasteiger partial charge in [-0.15, -0.1) is 0 Å². The molecule has 1 aromatic rings. The average Bonchev–Trinajstić information content (AvgIpc) is 2.40. The molecule has 0 amide bonds. The molecular formula is C17H28N2S. The quantitative estimate of drug-likeness (QED) is 0.808. The smallest absolute Gasteiger partial charge is 0.0234 e. The van der Waals surface area contributed by atoms with Crippen molar-refractivity contribution in [3.63, 3.8) is 0 Å². The summed E-state index contributed by atoms with van der Waals surface area (Å²) in [5.74, 6) is 1.26. The van der Waals surface area contributed by atoms with Crippen LogP contribution in [0.1, 0.15) is 38.3 Å². The largest absolute Gasteiger partial charge is 0.313 e. The van der Waals surface area contributed by atoms with Crippen LogP contribution in [-0.4, -0.2) is 35.0 Å². The number of hydrogen-bond donors (Lipinski definition) is 1. The number of rotatable bonds is 6. The van der Waals surface area contributed by atoms with Gasteiger partial charge in [0.15, 0.2) is 0 Å². The molecule has 20 heavy (non-hydrogen) atoms. The summed E-state index contributed by atoms with van der Waals surface area (Å²) >= 11 is 2.10. The molecule has 0 radical (unpaired) electrons. The van der Waals surface area contributed by atoms with Gasteiger partial charge in [0, 0.05) is 36.7 Å². The molecule has 1 N–H and O–H groups in total. The zero-order chi connectivity index (χ0) is 14.4. The lowest BCUT2D eigenvalue weighted by atomic mass is 10.1. The molecule has 0 saturated carbocycles. The maximum atomic E-state index is 3.45. The Morgan fingerprint density at radius 3 is 2.55 bits per heavy atom. The van der Waals surface area contributed by atoms with Gasteiger partial charge in [0.05, 0.1) is 0 Å². The second-order valence-corrected chi connectivity index (χ2v) is 8.11. The lowest BCUT2D eigenvalue weighted by molar-refractivity contribution is 0.252. The number of benzene rings is 1. The van der Waals surface area contributed by atoms with Crippen LogP contribution in [0, 0.1) is 0 Å². The molecule has 1 saturated heterocycles. The minimum atomic E-state index is 0.405. The Morgan fingerprint density at radius 1 is 1.20 bits per heavy atom. The molecule has 0 bridgehead atoms. The van der Waals surface area contributed by atoms with Crippen molar-refractivity contribution >= 4 is 11.8 Å². The van der Waals surface area contributed by atoms with Crippen molar-refractivity contribution < 1.29 is 0 Å². The third kappa shape index (κ3) is 5.12. The molecule has 0 spiro atoms. The van der Waals surface area contributed by atoms with Gasteiger partial charge in [-0.05, 0) is 37.9 Å². The summed E-state index contributed by atoms with van der Waals surface area (Å²) < 4.78 is 0.405. The number of nitrogens with zero attached hydrogens (tertiary/aromatic N) is 1.